The Morgan fingerprint density at radius 3 is 2.25 bits per heavy atom. The van der Waals surface area contributed by atoms with E-state index in [1.165, 1.54) is 16.7 Å². The number of rotatable bonds is 10. The zero-order chi connectivity index (χ0) is 26.5. The van der Waals surface area contributed by atoms with Gasteiger partial charge in [-0.25, -0.2) is 0 Å². The van der Waals surface area contributed by atoms with E-state index in [-0.39, 0.29) is 16.4 Å². The zero-order valence-corrected chi connectivity index (χ0v) is 24.4. The van der Waals surface area contributed by atoms with E-state index < -0.39 is 0 Å². The Kier molecular flexibility index (Phi) is 9.18. The normalized spacial score (nSPS) is 13.7. The molecule has 0 saturated carbocycles. The first-order valence-corrected chi connectivity index (χ1v) is 14.2. The lowest BCUT2D eigenvalue weighted by molar-refractivity contribution is 0.101. The highest BCUT2D eigenvalue weighted by molar-refractivity contribution is 7.48. The third-order valence-corrected chi connectivity index (χ3v) is 8.73. The first-order chi connectivity index (χ1) is 16.9. The number of Topliss-reactive ketones (excluding diaryl/α,β-unsaturated/α-hetero) is 1. The van der Waals surface area contributed by atoms with Crippen molar-refractivity contribution in [3.05, 3.63) is 94.0 Å². The number of hydrogen-bond donors (Lipinski definition) is 0. The summed E-state index contributed by atoms with van der Waals surface area (Å²) < 4.78 is 6.62. The summed E-state index contributed by atoms with van der Waals surface area (Å²) in [6, 6.07) is 21.4. The van der Waals surface area contributed by atoms with E-state index in [0.717, 1.165) is 47.0 Å². The van der Waals surface area contributed by atoms with Crippen molar-refractivity contribution >= 4 is 19.7 Å². The average Bonchev–Trinajstić information content (AvgIpc) is 2.82. The number of benzene rings is 3. The Balaban J connectivity index is 2.17. The minimum absolute atomic E-state index is 0.0284. The molecule has 3 heteroatoms. The maximum atomic E-state index is 12.6. The Morgan fingerprint density at radius 1 is 0.944 bits per heavy atom. The summed E-state index contributed by atoms with van der Waals surface area (Å²) in [6.45, 7) is 17.9. The maximum Gasteiger partial charge on any atom is 0.160 e. The zero-order valence-electron chi connectivity index (χ0n) is 23.4. The molecule has 36 heavy (non-hydrogen) atoms. The number of carbonyl (C=O) groups excluding carboxylic acids is 1. The van der Waals surface area contributed by atoms with Gasteiger partial charge < -0.3 is 4.74 Å². The van der Waals surface area contributed by atoms with Gasteiger partial charge in [-0.1, -0.05) is 116 Å². The minimum atomic E-state index is -0.145. The predicted molar refractivity (Wildman–Crippen MR) is 157 cm³/mol. The second kappa shape index (κ2) is 11.7. The lowest BCUT2D eigenvalue weighted by Gasteiger charge is -2.35. The summed E-state index contributed by atoms with van der Waals surface area (Å²) in [5.74, 6) is 1.13. The van der Waals surface area contributed by atoms with Crippen molar-refractivity contribution in [3.63, 3.8) is 0 Å². The molecule has 2 unspecified atom stereocenters. The number of unbranched alkanes of at least 4 members (excludes halogenated alkanes) is 1. The van der Waals surface area contributed by atoms with Crippen molar-refractivity contribution in [3.8, 4) is 5.75 Å². The molecule has 0 amide bonds. The van der Waals surface area contributed by atoms with Crippen LogP contribution in [-0.2, 0) is 17.2 Å². The molecule has 0 fully saturated rings. The fourth-order valence-corrected chi connectivity index (χ4v) is 6.45. The van der Waals surface area contributed by atoms with Crippen molar-refractivity contribution in [2.75, 3.05) is 0 Å². The lowest BCUT2D eigenvalue weighted by atomic mass is 9.82. The first kappa shape index (κ1) is 28.1. The summed E-state index contributed by atoms with van der Waals surface area (Å²) >= 11 is 0. The number of aryl methyl sites for hydroxylation is 2. The SMILES string of the molecule is CCCCC(C)(Pc1ccc(C)cc1C(C)=O)c1cc(C(C)(C)C)cc(C)c1OCc1ccccc1. The lowest BCUT2D eigenvalue weighted by Crippen LogP contribution is -2.24. The quantitative estimate of drug-likeness (QED) is 0.204. The molecule has 0 spiro atoms. The average molecular weight is 503 g/mol. The van der Waals surface area contributed by atoms with Crippen LogP contribution >= 0.6 is 8.58 Å². The van der Waals surface area contributed by atoms with Gasteiger partial charge in [-0.15, -0.1) is 0 Å². The molecule has 2 atom stereocenters. The van der Waals surface area contributed by atoms with Crippen LogP contribution in [0.5, 0.6) is 5.75 Å². The number of carbonyl (C=O) groups is 1. The smallest absolute Gasteiger partial charge is 0.160 e. The number of ketones is 1. The molecule has 3 rings (SSSR count). The van der Waals surface area contributed by atoms with E-state index in [9.17, 15) is 4.79 Å². The van der Waals surface area contributed by atoms with E-state index >= 15 is 0 Å². The van der Waals surface area contributed by atoms with Crippen LogP contribution in [0.2, 0.25) is 0 Å². The highest BCUT2D eigenvalue weighted by Gasteiger charge is 2.33. The third-order valence-electron chi connectivity index (χ3n) is 6.96. The van der Waals surface area contributed by atoms with Crippen molar-refractivity contribution in [2.24, 2.45) is 0 Å². The van der Waals surface area contributed by atoms with E-state index in [1.54, 1.807) is 6.92 Å². The van der Waals surface area contributed by atoms with Crippen molar-refractivity contribution < 1.29 is 9.53 Å². The Labute approximate surface area is 220 Å². The fourth-order valence-electron chi connectivity index (χ4n) is 4.69. The van der Waals surface area contributed by atoms with Crippen LogP contribution in [0, 0.1) is 13.8 Å². The molecular weight excluding hydrogens is 459 g/mol. The number of hydrogen-bond acceptors (Lipinski definition) is 2. The van der Waals surface area contributed by atoms with Crippen LogP contribution in [0.15, 0.2) is 60.7 Å². The molecule has 192 valence electrons. The van der Waals surface area contributed by atoms with Crippen LogP contribution in [0.1, 0.15) is 99.0 Å². The standard InChI is InChI=1S/C33H43O2P/c1-9-10-18-33(8,36-30-17-16-23(2)19-28(30)25(4)34)29-21-27(32(5,6)7)20-24(3)31(29)35-22-26-14-12-11-13-15-26/h11-17,19-21,36H,9-10,18,22H2,1-8H3. The molecule has 0 aliphatic heterocycles. The van der Waals surface area contributed by atoms with Crippen molar-refractivity contribution in [1.82, 2.24) is 0 Å². The molecule has 0 radical (unpaired) electrons. The fraction of sp³-hybridized carbons (Fsp3) is 0.424. The van der Waals surface area contributed by atoms with Crippen molar-refractivity contribution in [2.45, 2.75) is 91.8 Å². The van der Waals surface area contributed by atoms with Gasteiger partial charge in [-0.2, -0.15) is 0 Å². The van der Waals surface area contributed by atoms with Gasteiger partial charge in [0.1, 0.15) is 12.4 Å². The summed E-state index contributed by atoms with van der Waals surface area (Å²) in [4.78, 5) is 12.6. The van der Waals surface area contributed by atoms with Gasteiger partial charge in [0.2, 0.25) is 0 Å². The van der Waals surface area contributed by atoms with Gasteiger partial charge in [0.15, 0.2) is 5.78 Å². The summed E-state index contributed by atoms with van der Waals surface area (Å²) in [5, 5.41) is 1.01. The van der Waals surface area contributed by atoms with Crippen LogP contribution in [-0.4, -0.2) is 5.78 Å². The topological polar surface area (TPSA) is 26.3 Å². The number of ether oxygens (including phenoxy) is 1. The summed E-state index contributed by atoms with van der Waals surface area (Å²) in [5.41, 5.74) is 6.94. The molecular formula is C33H43O2P. The molecule has 0 N–H and O–H groups in total. The third kappa shape index (κ3) is 6.86. The van der Waals surface area contributed by atoms with E-state index in [2.05, 4.69) is 103 Å². The van der Waals surface area contributed by atoms with Crippen LogP contribution in [0.4, 0.5) is 0 Å². The summed E-state index contributed by atoms with van der Waals surface area (Å²) in [6.07, 6.45) is 3.30. The van der Waals surface area contributed by atoms with Crippen molar-refractivity contribution in [1.29, 1.82) is 0 Å². The first-order valence-electron chi connectivity index (χ1n) is 13.2. The van der Waals surface area contributed by atoms with Gasteiger partial charge in [-0.05, 0) is 60.7 Å². The van der Waals surface area contributed by atoms with E-state index in [1.807, 2.05) is 6.07 Å². The van der Waals surface area contributed by atoms with Gasteiger partial charge in [0.05, 0.1) is 0 Å². The highest BCUT2D eigenvalue weighted by Crippen LogP contribution is 2.50. The molecule has 0 aliphatic rings. The van der Waals surface area contributed by atoms with E-state index in [0.29, 0.717) is 15.2 Å². The Hall–Kier alpha value is -2.44. The molecule has 3 aromatic carbocycles. The molecule has 3 aromatic rings. The van der Waals surface area contributed by atoms with Gasteiger partial charge >= 0.3 is 0 Å². The second-order valence-corrected chi connectivity index (χ2v) is 13.3. The predicted octanol–water partition coefficient (Wildman–Crippen LogP) is 8.79. The maximum absolute atomic E-state index is 12.6. The second-order valence-electron chi connectivity index (χ2n) is 11.4. The molecule has 0 saturated heterocycles. The molecule has 2 nitrogen and oxygen atoms in total. The highest BCUT2D eigenvalue weighted by atomic mass is 31.1. The van der Waals surface area contributed by atoms with E-state index in [4.69, 9.17) is 4.74 Å². The Morgan fingerprint density at radius 2 is 1.64 bits per heavy atom. The summed E-state index contributed by atoms with van der Waals surface area (Å²) in [7, 11) is 0.466. The Bertz CT molecular complexity index is 1190. The van der Waals surface area contributed by atoms with Gasteiger partial charge in [0.25, 0.3) is 0 Å². The van der Waals surface area contributed by atoms with Crippen LogP contribution in [0.25, 0.3) is 0 Å². The largest absolute Gasteiger partial charge is 0.488 e. The van der Waals surface area contributed by atoms with Gasteiger partial charge in [0, 0.05) is 16.3 Å². The van der Waals surface area contributed by atoms with Crippen LogP contribution < -0.4 is 10.0 Å². The van der Waals surface area contributed by atoms with Gasteiger partial charge in [-0.3, -0.25) is 4.79 Å². The molecule has 0 aliphatic carbocycles. The molecule has 0 heterocycles. The molecule has 0 aromatic heterocycles. The molecule has 0 bridgehead atoms. The monoisotopic (exact) mass is 502 g/mol. The van der Waals surface area contributed by atoms with Crippen LogP contribution in [0.3, 0.4) is 0 Å². The minimum Gasteiger partial charge on any atom is -0.488 e.